The van der Waals surface area contributed by atoms with E-state index in [1.54, 1.807) is 0 Å². The second kappa shape index (κ2) is 7.66. The standard InChI is InChI=1S/C17H28N2/c1-15-9-4-3-7-13-19(15)14-8-12-17(18)16-10-5-2-6-11-16/h2,5-6,10-11,15,17H,3-4,7-9,12-14,18H2,1H3. The van der Waals surface area contributed by atoms with Gasteiger partial charge in [-0.2, -0.15) is 0 Å². The lowest BCUT2D eigenvalue weighted by molar-refractivity contribution is 0.208. The lowest BCUT2D eigenvalue weighted by Gasteiger charge is -2.27. The Morgan fingerprint density at radius 1 is 1.21 bits per heavy atom. The molecule has 0 aromatic heterocycles. The summed E-state index contributed by atoms with van der Waals surface area (Å²) in [7, 11) is 0. The van der Waals surface area contributed by atoms with Crippen molar-refractivity contribution < 1.29 is 0 Å². The molecule has 1 heterocycles. The van der Waals surface area contributed by atoms with Crippen LogP contribution >= 0.6 is 0 Å². The van der Waals surface area contributed by atoms with E-state index < -0.39 is 0 Å². The molecule has 2 nitrogen and oxygen atoms in total. The van der Waals surface area contributed by atoms with E-state index in [0.717, 1.165) is 12.5 Å². The minimum Gasteiger partial charge on any atom is -0.324 e. The third-order valence-electron chi connectivity index (χ3n) is 4.38. The zero-order valence-electron chi connectivity index (χ0n) is 12.2. The van der Waals surface area contributed by atoms with Crippen LogP contribution in [0.5, 0.6) is 0 Å². The van der Waals surface area contributed by atoms with Crippen molar-refractivity contribution in [2.45, 2.75) is 57.5 Å². The third-order valence-corrected chi connectivity index (χ3v) is 4.38. The SMILES string of the molecule is CC1CCCCCN1CCCC(N)c1ccccc1. The second-order valence-corrected chi connectivity index (χ2v) is 5.89. The molecule has 1 fully saturated rings. The molecule has 0 aliphatic carbocycles. The van der Waals surface area contributed by atoms with Gasteiger partial charge in [-0.25, -0.2) is 0 Å². The average molecular weight is 260 g/mol. The Labute approximate surface area is 118 Å². The Morgan fingerprint density at radius 2 is 2.00 bits per heavy atom. The molecular formula is C17H28N2. The highest BCUT2D eigenvalue weighted by Gasteiger charge is 2.16. The van der Waals surface area contributed by atoms with Crippen LogP contribution in [0.2, 0.25) is 0 Å². The fraction of sp³-hybridized carbons (Fsp3) is 0.647. The van der Waals surface area contributed by atoms with Crippen LogP contribution < -0.4 is 5.73 Å². The summed E-state index contributed by atoms with van der Waals surface area (Å²) in [5, 5.41) is 0. The van der Waals surface area contributed by atoms with Crippen LogP contribution in [-0.4, -0.2) is 24.0 Å². The van der Waals surface area contributed by atoms with Gasteiger partial charge in [-0.1, -0.05) is 43.2 Å². The highest BCUT2D eigenvalue weighted by molar-refractivity contribution is 5.18. The van der Waals surface area contributed by atoms with E-state index in [1.807, 2.05) is 0 Å². The fourth-order valence-corrected chi connectivity index (χ4v) is 3.05. The zero-order valence-corrected chi connectivity index (χ0v) is 12.2. The van der Waals surface area contributed by atoms with Crippen LogP contribution in [0.3, 0.4) is 0 Å². The monoisotopic (exact) mass is 260 g/mol. The smallest absolute Gasteiger partial charge is 0.0295 e. The maximum atomic E-state index is 6.26. The first kappa shape index (κ1) is 14.5. The van der Waals surface area contributed by atoms with Crippen molar-refractivity contribution in [3.05, 3.63) is 35.9 Å². The van der Waals surface area contributed by atoms with Gasteiger partial charge in [0.25, 0.3) is 0 Å². The van der Waals surface area contributed by atoms with Gasteiger partial charge in [0, 0.05) is 12.1 Å². The minimum atomic E-state index is 0.198. The predicted molar refractivity (Wildman–Crippen MR) is 82.1 cm³/mol. The molecule has 1 aromatic rings. The van der Waals surface area contributed by atoms with Crippen LogP contribution in [-0.2, 0) is 0 Å². The van der Waals surface area contributed by atoms with Crippen molar-refractivity contribution >= 4 is 0 Å². The summed E-state index contributed by atoms with van der Waals surface area (Å²) < 4.78 is 0. The van der Waals surface area contributed by atoms with E-state index in [9.17, 15) is 0 Å². The van der Waals surface area contributed by atoms with E-state index in [-0.39, 0.29) is 6.04 Å². The predicted octanol–water partition coefficient (Wildman–Crippen LogP) is 3.73. The van der Waals surface area contributed by atoms with Gasteiger partial charge in [0.15, 0.2) is 0 Å². The first-order valence-electron chi connectivity index (χ1n) is 7.82. The molecule has 1 aromatic carbocycles. The average Bonchev–Trinajstić information content (AvgIpc) is 2.65. The van der Waals surface area contributed by atoms with E-state index >= 15 is 0 Å². The number of likely N-dealkylation sites (tertiary alicyclic amines) is 1. The molecule has 2 atom stereocenters. The Morgan fingerprint density at radius 3 is 2.79 bits per heavy atom. The van der Waals surface area contributed by atoms with E-state index in [2.05, 4.69) is 42.2 Å². The van der Waals surface area contributed by atoms with Gasteiger partial charge in [-0.15, -0.1) is 0 Å². The maximum Gasteiger partial charge on any atom is 0.0295 e. The molecule has 1 aliphatic rings. The maximum absolute atomic E-state index is 6.26. The third kappa shape index (κ3) is 4.63. The summed E-state index contributed by atoms with van der Waals surface area (Å²) in [5.74, 6) is 0. The van der Waals surface area contributed by atoms with E-state index in [1.165, 1.54) is 50.8 Å². The minimum absolute atomic E-state index is 0.198. The summed E-state index contributed by atoms with van der Waals surface area (Å²) in [5.41, 5.74) is 7.53. The number of rotatable bonds is 5. The van der Waals surface area contributed by atoms with Crippen molar-refractivity contribution in [2.75, 3.05) is 13.1 Å². The molecule has 0 radical (unpaired) electrons. The molecule has 106 valence electrons. The second-order valence-electron chi connectivity index (χ2n) is 5.89. The number of nitrogens with two attached hydrogens (primary N) is 1. The molecule has 2 heteroatoms. The summed E-state index contributed by atoms with van der Waals surface area (Å²) in [6, 6.07) is 11.4. The van der Waals surface area contributed by atoms with Gasteiger partial charge in [-0.05, 0) is 51.3 Å². The van der Waals surface area contributed by atoms with Crippen molar-refractivity contribution in [3.63, 3.8) is 0 Å². The largest absolute Gasteiger partial charge is 0.324 e. The quantitative estimate of drug-likeness (QED) is 0.874. The highest BCUT2D eigenvalue weighted by Crippen LogP contribution is 2.19. The van der Waals surface area contributed by atoms with Gasteiger partial charge in [-0.3, -0.25) is 0 Å². The molecule has 0 saturated carbocycles. The van der Waals surface area contributed by atoms with Gasteiger partial charge in [0.1, 0.15) is 0 Å². The number of hydrogen-bond donors (Lipinski definition) is 1. The van der Waals surface area contributed by atoms with Crippen LogP contribution in [0.4, 0.5) is 0 Å². The zero-order chi connectivity index (χ0) is 13.5. The topological polar surface area (TPSA) is 29.3 Å². The number of hydrogen-bond acceptors (Lipinski definition) is 2. The van der Waals surface area contributed by atoms with Crippen molar-refractivity contribution in [1.29, 1.82) is 0 Å². The van der Waals surface area contributed by atoms with Crippen molar-refractivity contribution in [1.82, 2.24) is 4.90 Å². The van der Waals surface area contributed by atoms with Crippen LogP contribution in [0.1, 0.15) is 57.1 Å². The molecule has 2 rings (SSSR count). The lowest BCUT2D eigenvalue weighted by Crippen LogP contribution is -2.33. The first-order chi connectivity index (χ1) is 9.27. The Kier molecular flexibility index (Phi) is 5.87. The van der Waals surface area contributed by atoms with Crippen LogP contribution in [0.25, 0.3) is 0 Å². The highest BCUT2D eigenvalue weighted by atomic mass is 15.1. The van der Waals surface area contributed by atoms with Crippen molar-refractivity contribution in [3.8, 4) is 0 Å². The molecule has 1 aliphatic heterocycles. The number of nitrogens with zero attached hydrogens (tertiary/aromatic N) is 1. The van der Waals surface area contributed by atoms with Crippen LogP contribution in [0.15, 0.2) is 30.3 Å². The fourth-order valence-electron chi connectivity index (χ4n) is 3.05. The summed E-state index contributed by atoms with van der Waals surface area (Å²) in [4.78, 5) is 2.66. The number of benzene rings is 1. The van der Waals surface area contributed by atoms with Gasteiger partial charge < -0.3 is 10.6 Å². The molecule has 1 saturated heterocycles. The molecule has 0 spiro atoms. The van der Waals surface area contributed by atoms with Crippen molar-refractivity contribution in [2.24, 2.45) is 5.73 Å². The Balaban J connectivity index is 1.73. The van der Waals surface area contributed by atoms with Gasteiger partial charge in [0.05, 0.1) is 0 Å². The molecular weight excluding hydrogens is 232 g/mol. The molecule has 2 N–H and O–H groups in total. The normalized spacial score (nSPS) is 22.9. The lowest BCUT2D eigenvalue weighted by atomic mass is 10.0. The summed E-state index contributed by atoms with van der Waals surface area (Å²) in [6.07, 6.45) is 7.85. The molecule has 2 unspecified atom stereocenters. The van der Waals surface area contributed by atoms with E-state index in [0.29, 0.717) is 0 Å². The Bertz CT molecular complexity index is 350. The summed E-state index contributed by atoms with van der Waals surface area (Å²) in [6.45, 7) is 4.87. The molecule has 0 amide bonds. The van der Waals surface area contributed by atoms with Crippen LogP contribution in [0, 0.1) is 0 Å². The summed E-state index contributed by atoms with van der Waals surface area (Å²) >= 11 is 0. The molecule has 0 bridgehead atoms. The Hall–Kier alpha value is -0.860. The van der Waals surface area contributed by atoms with Gasteiger partial charge in [0.2, 0.25) is 0 Å². The van der Waals surface area contributed by atoms with Gasteiger partial charge >= 0.3 is 0 Å². The molecule has 19 heavy (non-hydrogen) atoms. The first-order valence-corrected chi connectivity index (χ1v) is 7.82. The van der Waals surface area contributed by atoms with E-state index in [4.69, 9.17) is 5.73 Å².